The van der Waals surface area contributed by atoms with Crippen molar-refractivity contribution in [2.45, 2.75) is 25.6 Å². The first kappa shape index (κ1) is 7.76. The van der Waals surface area contributed by atoms with Crippen molar-refractivity contribution in [3.63, 3.8) is 0 Å². The fourth-order valence-corrected chi connectivity index (χ4v) is 0.157. The molecule has 0 aromatic heterocycles. The van der Waals surface area contributed by atoms with Crippen LogP contribution in [0.25, 0.3) is 0 Å². The van der Waals surface area contributed by atoms with Gasteiger partial charge in [0.2, 0.25) is 0 Å². The summed E-state index contributed by atoms with van der Waals surface area (Å²) in [5, 5.41) is 11.1. The van der Waals surface area contributed by atoms with Crippen molar-refractivity contribution in [1.29, 1.82) is 0 Å². The van der Waals surface area contributed by atoms with Crippen LogP contribution in [0.2, 0.25) is 0 Å². The van der Waals surface area contributed by atoms with Gasteiger partial charge in [0.1, 0.15) is 0 Å². The number of hydrogen-bond donors (Lipinski definition) is 1. The van der Waals surface area contributed by atoms with Crippen molar-refractivity contribution in [1.82, 2.24) is 0 Å². The first-order valence-corrected chi connectivity index (χ1v) is 2.74. The van der Waals surface area contributed by atoms with Crippen LogP contribution in [0, 0.1) is 0 Å². The van der Waals surface area contributed by atoms with Crippen molar-refractivity contribution in [3.8, 4) is 0 Å². The summed E-state index contributed by atoms with van der Waals surface area (Å²) in [5.74, 6) is 0. The molecule has 0 aliphatic rings. The predicted octanol–water partition coefficient (Wildman–Crippen LogP) is 1.85. The third kappa shape index (κ3) is 2.17. The normalized spacial score (nSPS) is 14.2. The number of oxime groups is 1. The summed E-state index contributed by atoms with van der Waals surface area (Å²) >= 11 is 5.69. The van der Waals surface area contributed by atoms with Crippen LogP contribution in [0.5, 0.6) is 0 Å². The summed E-state index contributed by atoms with van der Waals surface area (Å²) in [4.78, 5) is -0.519. The number of rotatable bonds is 1. The third-order valence-electron chi connectivity index (χ3n) is 1.01. The molecule has 0 unspecified atom stereocenters. The van der Waals surface area contributed by atoms with E-state index in [4.69, 9.17) is 16.8 Å². The van der Waals surface area contributed by atoms with Crippen molar-refractivity contribution < 1.29 is 5.21 Å². The number of hydrogen-bond acceptors (Lipinski definition) is 2. The van der Waals surface area contributed by atoms with Gasteiger partial charge in [-0.15, -0.1) is 11.6 Å². The van der Waals surface area contributed by atoms with Crippen LogP contribution in [0.3, 0.4) is 0 Å². The van der Waals surface area contributed by atoms with Gasteiger partial charge in [0.15, 0.2) is 0 Å². The van der Waals surface area contributed by atoms with Crippen molar-refractivity contribution in [2.24, 2.45) is 5.16 Å². The molecule has 0 fully saturated rings. The van der Waals surface area contributed by atoms with E-state index in [0.717, 1.165) is 0 Å². The Morgan fingerprint density at radius 2 is 2.00 bits per heavy atom. The molecule has 0 saturated heterocycles. The van der Waals surface area contributed by atoms with Gasteiger partial charge < -0.3 is 5.21 Å². The number of halogens is 1. The maximum atomic E-state index is 8.17. The van der Waals surface area contributed by atoms with Crippen molar-refractivity contribution in [3.05, 3.63) is 0 Å². The quantitative estimate of drug-likeness (QED) is 0.253. The SMILES string of the molecule is C/C(=N\O)C(C)(C)Cl. The summed E-state index contributed by atoms with van der Waals surface area (Å²) in [6, 6.07) is 0. The molecule has 0 heterocycles. The van der Waals surface area contributed by atoms with E-state index in [1.54, 1.807) is 20.8 Å². The number of nitrogens with zero attached hydrogens (tertiary/aromatic N) is 1. The van der Waals surface area contributed by atoms with Gasteiger partial charge >= 0.3 is 0 Å². The Balaban J connectivity index is 4.03. The minimum atomic E-state index is -0.519. The molecule has 2 nitrogen and oxygen atoms in total. The first-order valence-electron chi connectivity index (χ1n) is 2.36. The van der Waals surface area contributed by atoms with Gasteiger partial charge in [-0.3, -0.25) is 0 Å². The van der Waals surface area contributed by atoms with E-state index in [0.29, 0.717) is 5.71 Å². The standard InChI is InChI=1S/C5H10ClNO/c1-4(7-8)5(2,3)6/h8H,1-3H3/b7-4+. The first-order chi connectivity index (χ1) is 3.48. The molecule has 3 heteroatoms. The Morgan fingerprint density at radius 1 is 1.62 bits per heavy atom. The zero-order valence-corrected chi connectivity index (χ0v) is 6.03. The van der Waals surface area contributed by atoms with Crippen LogP contribution in [0.4, 0.5) is 0 Å². The average molecular weight is 136 g/mol. The monoisotopic (exact) mass is 135 g/mol. The van der Waals surface area contributed by atoms with E-state index in [9.17, 15) is 0 Å². The molecule has 0 aliphatic carbocycles. The minimum Gasteiger partial charge on any atom is -0.411 e. The molecule has 1 N–H and O–H groups in total. The van der Waals surface area contributed by atoms with Crippen LogP contribution in [-0.2, 0) is 0 Å². The molecule has 0 bridgehead atoms. The molecule has 0 atom stereocenters. The van der Waals surface area contributed by atoms with Gasteiger partial charge in [0.05, 0.1) is 10.6 Å². The predicted molar refractivity (Wildman–Crippen MR) is 34.8 cm³/mol. The summed E-state index contributed by atoms with van der Waals surface area (Å²) in [6.45, 7) is 5.21. The van der Waals surface area contributed by atoms with E-state index in [1.165, 1.54) is 0 Å². The molecule has 0 rings (SSSR count). The zero-order valence-electron chi connectivity index (χ0n) is 5.27. The smallest absolute Gasteiger partial charge is 0.0801 e. The summed E-state index contributed by atoms with van der Waals surface area (Å²) < 4.78 is 0. The Bertz CT molecular complexity index is 103. The maximum absolute atomic E-state index is 8.17. The Morgan fingerprint density at radius 3 is 2.00 bits per heavy atom. The van der Waals surface area contributed by atoms with E-state index >= 15 is 0 Å². The lowest BCUT2D eigenvalue weighted by Crippen LogP contribution is -2.21. The molecule has 0 spiro atoms. The fraction of sp³-hybridized carbons (Fsp3) is 0.800. The second kappa shape index (κ2) is 2.35. The van der Waals surface area contributed by atoms with E-state index < -0.39 is 4.87 Å². The van der Waals surface area contributed by atoms with Gasteiger partial charge in [0.25, 0.3) is 0 Å². The molecule has 0 radical (unpaired) electrons. The van der Waals surface area contributed by atoms with Crippen LogP contribution in [-0.4, -0.2) is 15.8 Å². The van der Waals surface area contributed by atoms with Crippen LogP contribution in [0.1, 0.15) is 20.8 Å². The molecule has 0 aromatic rings. The van der Waals surface area contributed by atoms with Crippen LogP contribution >= 0.6 is 11.6 Å². The molecule has 0 saturated carbocycles. The summed E-state index contributed by atoms with van der Waals surface area (Å²) in [7, 11) is 0. The number of alkyl halides is 1. The lowest BCUT2D eigenvalue weighted by molar-refractivity contribution is 0.316. The van der Waals surface area contributed by atoms with E-state index in [-0.39, 0.29) is 0 Å². The summed E-state index contributed by atoms with van der Waals surface area (Å²) in [6.07, 6.45) is 0. The highest BCUT2D eigenvalue weighted by Gasteiger charge is 2.16. The second-order valence-electron chi connectivity index (χ2n) is 2.16. The highest BCUT2D eigenvalue weighted by molar-refractivity contribution is 6.35. The second-order valence-corrected chi connectivity index (χ2v) is 3.10. The molecule has 0 aromatic carbocycles. The van der Waals surface area contributed by atoms with Gasteiger partial charge in [-0.1, -0.05) is 5.16 Å². The topological polar surface area (TPSA) is 32.6 Å². The molecule has 0 amide bonds. The molecular weight excluding hydrogens is 126 g/mol. The zero-order chi connectivity index (χ0) is 6.78. The van der Waals surface area contributed by atoms with Crippen LogP contribution < -0.4 is 0 Å². The van der Waals surface area contributed by atoms with Gasteiger partial charge in [-0.2, -0.15) is 0 Å². The third-order valence-corrected chi connectivity index (χ3v) is 1.28. The lowest BCUT2D eigenvalue weighted by atomic mass is 10.1. The van der Waals surface area contributed by atoms with Gasteiger partial charge in [-0.05, 0) is 20.8 Å². The van der Waals surface area contributed by atoms with Crippen LogP contribution in [0.15, 0.2) is 5.16 Å². The Labute approximate surface area is 54.1 Å². The van der Waals surface area contributed by atoms with Crippen molar-refractivity contribution in [2.75, 3.05) is 0 Å². The fourth-order valence-electron chi connectivity index (χ4n) is 0.119. The molecule has 48 valence electrons. The highest BCUT2D eigenvalue weighted by atomic mass is 35.5. The van der Waals surface area contributed by atoms with E-state index in [1.807, 2.05) is 0 Å². The average Bonchev–Trinajstić information content (AvgIpc) is 1.62. The minimum absolute atomic E-state index is 0.519. The van der Waals surface area contributed by atoms with Crippen molar-refractivity contribution >= 4 is 17.3 Å². The van der Waals surface area contributed by atoms with E-state index in [2.05, 4.69) is 5.16 Å². The Hall–Kier alpha value is -0.240. The van der Waals surface area contributed by atoms with Gasteiger partial charge in [0, 0.05) is 0 Å². The molecule has 8 heavy (non-hydrogen) atoms. The highest BCUT2D eigenvalue weighted by Crippen LogP contribution is 2.13. The summed E-state index contributed by atoms with van der Waals surface area (Å²) in [5.41, 5.74) is 0.527. The Kier molecular flexibility index (Phi) is 2.28. The maximum Gasteiger partial charge on any atom is 0.0801 e. The molecular formula is C5H10ClNO. The lowest BCUT2D eigenvalue weighted by Gasteiger charge is -2.11. The van der Waals surface area contributed by atoms with Gasteiger partial charge in [-0.25, -0.2) is 0 Å². The largest absolute Gasteiger partial charge is 0.411 e. The molecule has 0 aliphatic heterocycles.